The first kappa shape index (κ1) is 14.3. The van der Waals surface area contributed by atoms with Crippen LogP contribution in [0.25, 0.3) is 0 Å². The lowest BCUT2D eigenvalue weighted by Crippen LogP contribution is -2.30. The molecule has 1 saturated heterocycles. The van der Waals surface area contributed by atoms with Crippen molar-refractivity contribution in [3.63, 3.8) is 0 Å². The molecule has 0 spiro atoms. The summed E-state index contributed by atoms with van der Waals surface area (Å²) in [6.07, 6.45) is 0.859. The number of sulfonamides is 1. The molecule has 4 nitrogen and oxygen atoms in total. The molecule has 19 heavy (non-hydrogen) atoms. The molecule has 1 aliphatic rings. The van der Waals surface area contributed by atoms with Gasteiger partial charge in [-0.25, -0.2) is 12.8 Å². The lowest BCUT2D eigenvalue weighted by atomic mass is 9.96. The van der Waals surface area contributed by atoms with E-state index in [4.69, 9.17) is 5.73 Å². The zero-order chi connectivity index (χ0) is 14.2. The molecule has 1 aliphatic heterocycles. The van der Waals surface area contributed by atoms with Gasteiger partial charge in [0, 0.05) is 13.1 Å². The van der Waals surface area contributed by atoms with Gasteiger partial charge in [-0.2, -0.15) is 4.31 Å². The molecule has 0 aromatic heterocycles. The maximum absolute atomic E-state index is 13.0. The lowest BCUT2D eigenvalue weighted by Gasteiger charge is -2.19. The second kappa shape index (κ2) is 5.09. The summed E-state index contributed by atoms with van der Waals surface area (Å²) in [5, 5.41) is 0. The van der Waals surface area contributed by atoms with E-state index in [-0.39, 0.29) is 10.6 Å². The van der Waals surface area contributed by atoms with E-state index >= 15 is 0 Å². The Hall–Kier alpha value is -1.14. The number of nitrogen functional groups attached to an aromatic ring is 1. The molecule has 1 unspecified atom stereocenters. The largest absolute Gasteiger partial charge is 0.398 e. The molecule has 1 atom stereocenters. The molecular weight excluding hydrogens is 267 g/mol. The highest BCUT2D eigenvalue weighted by Crippen LogP contribution is 2.30. The summed E-state index contributed by atoms with van der Waals surface area (Å²) in [6.45, 7) is 5.19. The van der Waals surface area contributed by atoms with Crippen molar-refractivity contribution in [2.24, 2.45) is 11.8 Å². The van der Waals surface area contributed by atoms with E-state index < -0.39 is 15.8 Å². The van der Waals surface area contributed by atoms with Gasteiger partial charge in [-0.3, -0.25) is 0 Å². The van der Waals surface area contributed by atoms with Crippen molar-refractivity contribution in [1.82, 2.24) is 4.31 Å². The quantitative estimate of drug-likeness (QED) is 0.865. The number of nitrogens with zero attached hydrogens (tertiary/aromatic N) is 1. The Morgan fingerprint density at radius 1 is 1.42 bits per heavy atom. The van der Waals surface area contributed by atoms with Gasteiger partial charge in [-0.15, -0.1) is 0 Å². The normalized spacial score (nSPS) is 21.2. The Labute approximate surface area is 113 Å². The second-order valence-electron chi connectivity index (χ2n) is 5.34. The van der Waals surface area contributed by atoms with Gasteiger partial charge in [-0.1, -0.05) is 13.8 Å². The smallest absolute Gasteiger partial charge is 0.245 e. The van der Waals surface area contributed by atoms with Crippen LogP contribution in [0.1, 0.15) is 20.3 Å². The van der Waals surface area contributed by atoms with Crippen LogP contribution in [0.4, 0.5) is 10.1 Å². The number of halogens is 1. The zero-order valence-electron chi connectivity index (χ0n) is 11.1. The highest BCUT2D eigenvalue weighted by molar-refractivity contribution is 7.89. The minimum Gasteiger partial charge on any atom is -0.398 e. The first-order chi connectivity index (χ1) is 8.82. The van der Waals surface area contributed by atoms with Gasteiger partial charge in [-0.05, 0) is 36.5 Å². The van der Waals surface area contributed by atoms with Crippen molar-refractivity contribution < 1.29 is 12.8 Å². The van der Waals surface area contributed by atoms with Crippen LogP contribution in [-0.2, 0) is 10.0 Å². The molecule has 1 aromatic carbocycles. The van der Waals surface area contributed by atoms with Crippen molar-refractivity contribution in [2.45, 2.75) is 25.2 Å². The molecular formula is C13H19FN2O2S. The van der Waals surface area contributed by atoms with Crippen LogP contribution in [0, 0.1) is 17.7 Å². The average Bonchev–Trinajstić information content (AvgIpc) is 2.78. The SMILES string of the molecule is CC(C)C1CCN(S(=O)(=O)c2ccc(F)cc2N)C1. The lowest BCUT2D eigenvalue weighted by molar-refractivity contribution is 0.388. The molecule has 2 N–H and O–H groups in total. The van der Waals surface area contributed by atoms with Crippen molar-refractivity contribution in [1.29, 1.82) is 0 Å². The monoisotopic (exact) mass is 286 g/mol. The number of anilines is 1. The van der Waals surface area contributed by atoms with Crippen LogP contribution >= 0.6 is 0 Å². The molecule has 106 valence electrons. The summed E-state index contributed by atoms with van der Waals surface area (Å²) in [7, 11) is -3.61. The van der Waals surface area contributed by atoms with Crippen LogP contribution < -0.4 is 5.73 Å². The maximum atomic E-state index is 13.0. The molecule has 1 heterocycles. The number of hydrogen-bond acceptors (Lipinski definition) is 3. The van der Waals surface area contributed by atoms with Gasteiger partial charge >= 0.3 is 0 Å². The predicted molar refractivity (Wildman–Crippen MR) is 72.5 cm³/mol. The van der Waals surface area contributed by atoms with Gasteiger partial charge in [0.15, 0.2) is 0 Å². The molecule has 1 aromatic rings. The first-order valence-electron chi connectivity index (χ1n) is 6.37. The standard InChI is InChI=1S/C13H19FN2O2S/c1-9(2)10-5-6-16(8-10)19(17,18)13-4-3-11(14)7-12(13)15/h3-4,7,9-10H,5-6,8,15H2,1-2H3. The first-order valence-corrected chi connectivity index (χ1v) is 7.81. The molecule has 1 fully saturated rings. The summed E-state index contributed by atoms with van der Waals surface area (Å²) in [5.74, 6) is 0.292. The minimum atomic E-state index is -3.61. The molecule has 0 radical (unpaired) electrons. The summed E-state index contributed by atoms with van der Waals surface area (Å²) < 4.78 is 39.4. The molecule has 2 rings (SSSR count). The Morgan fingerprint density at radius 2 is 2.11 bits per heavy atom. The van der Waals surface area contributed by atoms with Gasteiger partial charge in [0.05, 0.1) is 5.69 Å². The minimum absolute atomic E-state index is 0.00157. The van der Waals surface area contributed by atoms with E-state index in [1.54, 1.807) is 0 Å². The van der Waals surface area contributed by atoms with Crippen LogP contribution in [0.5, 0.6) is 0 Å². The molecule has 6 heteroatoms. The molecule has 0 bridgehead atoms. The summed E-state index contributed by atoms with van der Waals surface area (Å²) in [5.41, 5.74) is 5.59. The number of benzene rings is 1. The van der Waals surface area contributed by atoms with E-state index in [2.05, 4.69) is 13.8 Å². The maximum Gasteiger partial charge on any atom is 0.245 e. The molecule has 0 amide bonds. The van der Waals surface area contributed by atoms with Crippen molar-refractivity contribution in [2.75, 3.05) is 18.8 Å². The van der Waals surface area contributed by atoms with Gasteiger partial charge < -0.3 is 5.73 Å². The number of hydrogen-bond donors (Lipinski definition) is 1. The summed E-state index contributed by atoms with van der Waals surface area (Å²) >= 11 is 0. The van der Waals surface area contributed by atoms with Crippen LogP contribution in [0.2, 0.25) is 0 Å². The third-order valence-electron chi connectivity index (χ3n) is 3.72. The van der Waals surface area contributed by atoms with Crippen LogP contribution in [0.15, 0.2) is 23.1 Å². The third kappa shape index (κ3) is 2.74. The fraction of sp³-hybridized carbons (Fsp3) is 0.538. The number of nitrogens with two attached hydrogens (primary N) is 1. The predicted octanol–water partition coefficient (Wildman–Crippen LogP) is 2.07. The Bertz CT molecular complexity index is 572. The zero-order valence-corrected chi connectivity index (χ0v) is 12.0. The van der Waals surface area contributed by atoms with Gasteiger partial charge in [0.2, 0.25) is 10.0 Å². The highest BCUT2D eigenvalue weighted by Gasteiger charge is 2.34. The van der Waals surface area contributed by atoms with E-state index in [1.165, 1.54) is 10.4 Å². The summed E-state index contributed by atoms with van der Waals surface area (Å²) in [4.78, 5) is -0.00157. The molecule has 0 aliphatic carbocycles. The van der Waals surface area contributed by atoms with Crippen molar-refractivity contribution in [3.05, 3.63) is 24.0 Å². The van der Waals surface area contributed by atoms with Crippen LogP contribution in [-0.4, -0.2) is 25.8 Å². The van der Waals surface area contributed by atoms with Gasteiger partial charge in [0.25, 0.3) is 0 Å². The Kier molecular flexibility index (Phi) is 3.82. The van der Waals surface area contributed by atoms with Crippen LogP contribution in [0.3, 0.4) is 0 Å². The van der Waals surface area contributed by atoms with E-state index in [0.29, 0.717) is 24.9 Å². The fourth-order valence-corrected chi connectivity index (χ4v) is 4.02. The van der Waals surface area contributed by atoms with Gasteiger partial charge in [0.1, 0.15) is 10.7 Å². The Balaban J connectivity index is 2.29. The Morgan fingerprint density at radius 3 is 2.63 bits per heavy atom. The number of rotatable bonds is 3. The van der Waals surface area contributed by atoms with Crippen molar-refractivity contribution >= 4 is 15.7 Å². The second-order valence-corrected chi connectivity index (χ2v) is 7.24. The van der Waals surface area contributed by atoms with E-state index in [1.807, 2.05) is 0 Å². The molecule has 0 saturated carbocycles. The average molecular weight is 286 g/mol. The third-order valence-corrected chi connectivity index (χ3v) is 5.66. The van der Waals surface area contributed by atoms with E-state index in [9.17, 15) is 12.8 Å². The topological polar surface area (TPSA) is 63.4 Å². The highest BCUT2D eigenvalue weighted by atomic mass is 32.2. The fourth-order valence-electron chi connectivity index (χ4n) is 2.41. The van der Waals surface area contributed by atoms with Crippen molar-refractivity contribution in [3.8, 4) is 0 Å². The van der Waals surface area contributed by atoms with E-state index in [0.717, 1.165) is 18.6 Å². The summed E-state index contributed by atoms with van der Waals surface area (Å²) in [6, 6.07) is 3.41.